The van der Waals surface area contributed by atoms with Crippen molar-refractivity contribution >= 4 is 29.2 Å². The third-order valence-electron chi connectivity index (χ3n) is 2.98. The van der Waals surface area contributed by atoms with Gasteiger partial charge in [0.1, 0.15) is 0 Å². The maximum atomic E-state index is 12.1. The number of rotatable bonds is 5. The fourth-order valence-corrected chi connectivity index (χ4v) is 1.98. The number of guanidine groups is 1. The van der Waals surface area contributed by atoms with Crippen molar-refractivity contribution in [1.82, 2.24) is 0 Å². The van der Waals surface area contributed by atoms with Crippen LogP contribution in [0.4, 0.5) is 11.4 Å². The molecular formula is C16H16N4O3. The molecular weight excluding hydrogens is 296 g/mol. The molecule has 0 aromatic heterocycles. The minimum Gasteiger partial charge on any atom is -0.478 e. The van der Waals surface area contributed by atoms with E-state index in [2.05, 4.69) is 10.3 Å². The van der Waals surface area contributed by atoms with E-state index < -0.39 is 5.97 Å². The highest BCUT2D eigenvalue weighted by Gasteiger charge is 2.11. The van der Waals surface area contributed by atoms with Gasteiger partial charge in [0.2, 0.25) is 5.91 Å². The van der Waals surface area contributed by atoms with Crippen LogP contribution in [0.3, 0.4) is 0 Å². The van der Waals surface area contributed by atoms with Gasteiger partial charge in [-0.25, -0.2) is 9.79 Å². The largest absolute Gasteiger partial charge is 0.478 e. The first-order chi connectivity index (χ1) is 11.0. The highest BCUT2D eigenvalue weighted by atomic mass is 16.4. The van der Waals surface area contributed by atoms with Crippen molar-refractivity contribution < 1.29 is 14.7 Å². The van der Waals surface area contributed by atoms with Gasteiger partial charge in [-0.3, -0.25) is 4.79 Å². The molecule has 7 heteroatoms. The van der Waals surface area contributed by atoms with E-state index in [4.69, 9.17) is 16.6 Å². The molecule has 23 heavy (non-hydrogen) atoms. The second kappa shape index (κ2) is 7.08. The highest BCUT2D eigenvalue weighted by molar-refractivity contribution is 5.98. The number of aromatic carboxylic acids is 1. The lowest BCUT2D eigenvalue weighted by molar-refractivity contribution is -0.115. The molecule has 0 saturated heterocycles. The lowest BCUT2D eigenvalue weighted by atomic mass is 10.1. The summed E-state index contributed by atoms with van der Waals surface area (Å²) in [6, 6.07) is 13.3. The van der Waals surface area contributed by atoms with Gasteiger partial charge >= 0.3 is 5.97 Å². The van der Waals surface area contributed by atoms with Crippen LogP contribution in [0.5, 0.6) is 0 Å². The molecule has 0 aliphatic rings. The van der Waals surface area contributed by atoms with Gasteiger partial charge in [0.25, 0.3) is 0 Å². The van der Waals surface area contributed by atoms with E-state index in [0.29, 0.717) is 5.69 Å². The van der Waals surface area contributed by atoms with E-state index in [9.17, 15) is 9.59 Å². The van der Waals surface area contributed by atoms with Crippen LogP contribution >= 0.6 is 0 Å². The minimum absolute atomic E-state index is 0.0195. The summed E-state index contributed by atoms with van der Waals surface area (Å²) in [5.41, 5.74) is 12.1. The molecule has 7 nitrogen and oxygen atoms in total. The van der Waals surface area contributed by atoms with Gasteiger partial charge in [-0.05, 0) is 23.8 Å². The van der Waals surface area contributed by atoms with Gasteiger partial charge in [0.15, 0.2) is 5.96 Å². The second-order valence-corrected chi connectivity index (χ2v) is 4.78. The van der Waals surface area contributed by atoms with Gasteiger partial charge in [-0.15, -0.1) is 0 Å². The number of aliphatic imine (C=N–C) groups is 1. The fraction of sp³-hybridized carbons (Fsp3) is 0.0625. The Morgan fingerprint density at radius 2 is 1.78 bits per heavy atom. The summed E-state index contributed by atoms with van der Waals surface area (Å²) in [7, 11) is 0. The van der Waals surface area contributed by atoms with Crippen molar-refractivity contribution in [3.8, 4) is 0 Å². The molecule has 0 unspecified atom stereocenters. The Kier molecular flexibility index (Phi) is 4.93. The number of anilines is 1. The molecule has 2 rings (SSSR count). The summed E-state index contributed by atoms with van der Waals surface area (Å²) in [5.74, 6) is -1.60. The van der Waals surface area contributed by atoms with Crippen molar-refractivity contribution in [2.75, 3.05) is 5.32 Å². The predicted octanol–water partition coefficient (Wildman–Crippen LogP) is 1.47. The summed E-state index contributed by atoms with van der Waals surface area (Å²) < 4.78 is 0. The summed E-state index contributed by atoms with van der Waals surface area (Å²) in [6.45, 7) is 0. The molecule has 0 fully saturated rings. The van der Waals surface area contributed by atoms with E-state index in [1.807, 2.05) is 30.3 Å². The molecule has 118 valence electrons. The Bertz CT molecular complexity index is 753. The Balaban J connectivity index is 2.23. The quantitative estimate of drug-likeness (QED) is 0.490. The molecule has 0 spiro atoms. The zero-order valence-corrected chi connectivity index (χ0v) is 12.2. The first kappa shape index (κ1) is 16.0. The number of benzene rings is 2. The van der Waals surface area contributed by atoms with Crippen LogP contribution in [0, 0.1) is 0 Å². The molecule has 0 saturated carbocycles. The predicted molar refractivity (Wildman–Crippen MR) is 87.6 cm³/mol. The standard InChI is InChI=1S/C16H16N4O3/c17-16(18)20-13-9-11(15(22)23)6-7-12(13)19-14(21)8-10-4-2-1-3-5-10/h1-7,9H,8H2,(H,19,21)(H,22,23)(H4,17,18,20). The third-order valence-corrected chi connectivity index (χ3v) is 2.98. The molecule has 6 N–H and O–H groups in total. The maximum Gasteiger partial charge on any atom is 0.335 e. The Hall–Kier alpha value is -3.35. The average Bonchev–Trinajstić information content (AvgIpc) is 2.49. The zero-order valence-electron chi connectivity index (χ0n) is 12.2. The van der Waals surface area contributed by atoms with Crippen LogP contribution in [0.2, 0.25) is 0 Å². The van der Waals surface area contributed by atoms with Gasteiger partial charge in [0, 0.05) is 0 Å². The van der Waals surface area contributed by atoms with E-state index in [1.54, 1.807) is 0 Å². The lowest BCUT2D eigenvalue weighted by Gasteiger charge is -2.09. The van der Waals surface area contributed by atoms with Crippen LogP contribution in [-0.2, 0) is 11.2 Å². The number of nitrogens with one attached hydrogen (secondary N) is 1. The molecule has 0 aliphatic heterocycles. The number of nitrogens with two attached hydrogens (primary N) is 2. The molecule has 0 atom stereocenters. The van der Waals surface area contributed by atoms with Gasteiger partial charge in [-0.1, -0.05) is 30.3 Å². The first-order valence-electron chi connectivity index (χ1n) is 6.76. The normalized spacial score (nSPS) is 9.91. The van der Waals surface area contributed by atoms with Crippen molar-refractivity contribution in [3.05, 3.63) is 59.7 Å². The zero-order chi connectivity index (χ0) is 16.8. The molecule has 0 heterocycles. The van der Waals surface area contributed by atoms with Crippen molar-refractivity contribution in [3.63, 3.8) is 0 Å². The smallest absolute Gasteiger partial charge is 0.335 e. The Labute approximate surface area is 132 Å². The number of carboxylic acid groups (broad SMARTS) is 1. The van der Waals surface area contributed by atoms with Gasteiger partial charge < -0.3 is 21.9 Å². The number of nitrogens with zero attached hydrogens (tertiary/aromatic N) is 1. The molecule has 2 aromatic rings. The maximum absolute atomic E-state index is 12.1. The van der Waals surface area contributed by atoms with E-state index in [1.165, 1.54) is 18.2 Å². The number of hydrogen-bond acceptors (Lipinski definition) is 3. The number of hydrogen-bond donors (Lipinski definition) is 4. The summed E-state index contributed by atoms with van der Waals surface area (Å²) in [5, 5.41) is 11.7. The summed E-state index contributed by atoms with van der Waals surface area (Å²) in [4.78, 5) is 27.0. The summed E-state index contributed by atoms with van der Waals surface area (Å²) >= 11 is 0. The third kappa shape index (κ3) is 4.57. The molecule has 0 bridgehead atoms. The molecule has 0 radical (unpaired) electrons. The second-order valence-electron chi connectivity index (χ2n) is 4.78. The lowest BCUT2D eigenvalue weighted by Crippen LogP contribution is -2.22. The van der Waals surface area contributed by atoms with Crippen LogP contribution in [-0.4, -0.2) is 22.9 Å². The van der Waals surface area contributed by atoms with Crippen LogP contribution < -0.4 is 16.8 Å². The topological polar surface area (TPSA) is 131 Å². The van der Waals surface area contributed by atoms with E-state index >= 15 is 0 Å². The monoisotopic (exact) mass is 312 g/mol. The summed E-state index contributed by atoms with van der Waals surface area (Å²) in [6.07, 6.45) is 0.183. The van der Waals surface area contributed by atoms with Gasteiger partial charge in [0.05, 0.1) is 23.4 Å². The van der Waals surface area contributed by atoms with Crippen molar-refractivity contribution in [1.29, 1.82) is 0 Å². The molecule has 0 aliphatic carbocycles. The minimum atomic E-state index is -1.11. The number of amides is 1. The van der Waals surface area contributed by atoms with Crippen LogP contribution in [0.25, 0.3) is 0 Å². The van der Waals surface area contributed by atoms with E-state index in [0.717, 1.165) is 5.56 Å². The molecule has 2 aromatic carbocycles. The number of carbonyl (C=O) groups excluding carboxylic acids is 1. The highest BCUT2D eigenvalue weighted by Crippen LogP contribution is 2.26. The molecule has 1 amide bonds. The van der Waals surface area contributed by atoms with Crippen LogP contribution in [0.15, 0.2) is 53.5 Å². The fourth-order valence-electron chi connectivity index (χ4n) is 1.98. The van der Waals surface area contributed by atoms with Gasteiger partial charge in [-0.2, -0.15) is 0 Å². The van der Waals surface area contributed by atoms with Crippen molar-refractivity contribution in [2.24, 2.45) is 16.5 Å². The first-order valence-corrected chi connectivity index (χ1v) is 6.76. The van der Waals surface area contributed by atoms with E-state index in [-0.39, 0.29) is 29.5 Å². The van der Waals surface area contributed by atoms with Crippen LogP contribution in [0.1, 0.15) is 15.9 Å². The SMILES string of the molecule is NC(N)=Nc1cc(C(=O)O)ccc1NC(=O)Cc1ccccc1. The van der Waals surface area contributed by atoms with Crippen molar-refractivity contribution in [2.45, 2.75) is 6.42 Å². The Morgan fingerprint density at radius 3 is 2.39 bits per heavy atom. The number of carboxylic acids is 1. The number of carbonyl (C=O) groups is 2. The Morgan fingerprint density at radius 1 is 1.09 bits per heavy atom. The average molecular weight is 312 g/mol.